The number of nitrogens with zero attached hydrogens (tertiary/aromatic N) is 2. The second-order valence-corrected chi connectivity index (χ2v) is 3.36. The highest BCUT2D eigenvalue weighted by atomic mass is 16.5. The quantitative estimate of drug-likeness (QED) is 0.677. The van der Waals surface area contributed by atoms with Gasteiger partial charge >= 0.3 is 0 Å². The Kier molecular flexibility index (Phi) is 1.65. The van der Waals surface area contributed by atoms with Crippen LogP contribution in [0.25, 0.3) is 0 Å². The molecule has 1 aliphatic rings. The standard InChI is InChI=1S/C8H12N2O2/c1-6-9-7(12-10-6)8(3-4-8)5-11-2/h3-5H2,1-2H3. The van der Waals surface area contributed by atoms with Crippen LogP contribution in [0.3, 0.4) is 0 Å². The molecular weight excluding hydrogens is 156 g/mol. The van der Waals surface area contributed by atoms with Crippen molar-refractivity contribution >= 4 is 0 Å². The van der Waals surface area contributed by atoms with E-state index in [1.165, 1.54) is 0 Å². The van der Waals surface area contributed by atoms with Gasteiger partial charge in [0.1, 0.15) is 0 Å². The van der Waals surface area contributed by atoms with Crippen LogP contribution in [0.4, 0.5) is 0 Å². The Balaban J connectivity index is 2.18. The Bertz CT molecular complexity index is 278. The Morgan fingerprint density at radius 1 is 1.58 bits per heavy atom. The van der Waals surface area contributed by atoms with E-state index in [1.54, 1.807) is 7.11 Å². The van der Waals surface area contributed by atoms with Crippen molar-refractivity contribution in [3.05, 3.63) is 11.7 Å². The maximum absolute atomic E-state index is 5.11. The molecule has 66 valence electrons. The first-order chi connectivity index (χ1) is 5.77. The van der Waals surface area contributed by atoms with Gasteiger partial charge in [0.05, 0.1) is 12.0 Å². The number of aromatic nitrogens is 2. The Morgan fingerprint density at radius 2 is 2.33 bits per heavy atom. The van der Waals surface area contributed by atoms with Gasteiger partial charge in [0.15, 0.2) is 5.82 Å². The summed E-state index contributed by atoms with van der Waals surface area (Å²) in [7, 11) is 1.70. The zero-order chi connectivity index (χ0) is 8.60. The maximum Gasteiger partial charge on any atom is 0.235 e. The molecular formula is C8H12N2O2. The molecule has 0 spiro atoms. The first kappa shape index (κ1) is 7.73. The SMILES string of the molecule is COCC1(c2nc(C)no2)CC1. The van der Waals surface area contributed by atoms with Gasteiger partial charge in [-0.05, 0) is 19.8 Å². The highest BCUT2D eigenvalue weighted by Gasteiger charge is 2.49. The van der Waals surface area contributed by atoms with Crippen molar-refractivity contribution in [3.63, 3.8) is 0 Å². The summed E-state index contributed by atoms with van der Waals surface area (Å²) in [5.41, 5.74) is 0.0516. The molecule has 0 aromatic carbocycles. The van der Waals surface area contributed by atoms with Gasteiger partial charge in [0, 0.05) is 7.11 Å². The van der Waals surface area contributed by atoms with Crippen molar-refractivity contribution in [1.82, 2.24) is 10.1 Å². The monoisotopic (exact) mass is 168 g/mol. The minimum absolute atomic E-state index is 0.0516. The predicted octanol–water partition coefficient (Wildman–Crippen LogP) is 1.06. The van der Waals surface area contributed by atoms with Gasteiger partial charge in [-0.3, -0.25) is 0 Å². The largest absolute Gasteiger partial charge is 0.384 e. The topological polar surface area (TPSA) is 48.2 Å². The lowest BCUT2D eigenvalue weighted by atomic mass is 10.1. The van der Waals surface area contributed by atoms with Crippen LogP contribution in [-0.2, 0) is 10.2 Å². The van der Waals surface area contributed by atoms with Gasteiger partial charge in [-0.1, -0.05) is 5.16 Å². The van der Waals surface area contributed by atoms with E-state index in [-0.39, 0.29) is 5.41 Å². The van der Waals surface area contributed by atoms with Crippen LogP contribution in [0, 0.1) is 6.92 Å². The van der Waals surface area contributed by atoms with Crippen molar-refractivity contribution in [2.75, 3.05) is 13.7 Å². The third kappa shape index (κ3) is 1.12. The highest BCUT2D eigenvalue weighted by molar-refractivity contribution is 5.15. The van der Waals surface area contributed by atoms with Crippen LogP contribution in [-0.4, -0.2) is 23.9 Å². The van der Waals surface area contributed by atoms with E-state index in [4.69, 9.17) is 9.26 Å². The summed E-state index contributed by atoms with van der Waals surface area (Å²) >= 11 is 0. The smallest absolute Gasteiger partial charge is 0.235 e. The summed E-state index contributed by atoms with van der Waals surface area (Å²) in [6.07, 6.45) is 2.20. The Hall–Kier alpha value is -0.900. The molecule has 1 aliphatic carbocycles. The van der Waals surface area contributed by atoms with Crippen molar-refractivity contribution in [1.29, 1.82) is 0 Å². The summed E-state index contributed by atoms with van der Waals surface area (Å²) < 4.78 is 10.2. The van der Waals surface area contributed by atoms with E-state index in [2.05, 4.69) is 10.1 Å². The Labute approximate surface area is 70.9 Å². The second-order valence-electron chi connectivity index (χ2n) is 3.36. The lowest BCUT2D eigenvalue weighted by Gasteiger charge is -2.06. The summed E-state index contributed by atoms with van der Waals surface area (Å²) in [6, 6.07) is 0. The molecule has 2 rings (SSSR count). The van der Waals surface area contributed by atoms with E-state index in [0.29, 0.717) is 12.4 Å². The molecule has 0 radical (unpaired) electrons. The Morgan fingerprint density at radius 3 is 2.75 bits per heavy atom. The minimum Gasteiger partial charge on any atom is -0.384 e. The number of ether oxygens (including phenoxy) is 1. The van der Waals surface area contributed by atoms with Crippen LogP contribution >= 0.6 is 0 Å². The number of rotatable bonds is 3. The molecule has 1 heterocycles. The average Bonchev–Trinajstić information content (AvgIpc) is 2.69. The fourth-order valence-corrected chi connectivity index (χ4v) is 1.36. The molecule has 4 nitrogen and oxygen atoms in total. The maximum atomic E-state index is 5.11. The van der Waals surface area contributed by atoms with E-state index in [1.807, 2.05) is 6.92 Å². The van der Waals surface area contributed by atoms with Gasteiger partial charge < -0.3 is 9.26 Å². The molecule has 1 fully saturated rings. The molecule has 12 heavy (non-hydrogen) atoms. The lowest BCUT2D eigenvalue weighted by Crippen LogP contribution is -2.14. The molecule has 0 amide bonds. The van der Waals surface area contributed by atoms with Crippen LogP contribution in [0.1, 0.15) is 24.6 Å². The first-order valence-corrected chi connectivity index (χ1v) is 4.07. The third-order valence-electron chi connectivity index (χ3n) is 2.26. The fourth-order valence-electron chi connectivity index (χ4n) is 1.36. The zero-order valence-electron chi connectivity index (χ0n) is 7.33. The molecule has 0 bridgehead atoms. The molecule has 1 aromatic rings. The van der Waals surface area contributed by atoms with Gasteiger partial charge in [-0.2, -0.15) is 4.98 Å². The minimum atomic E-state index is 0.0516. The molecule has 0 atom stereocenters. The van der Waals surface area contributed by atoms with Crippen LogP contribution in [0.2, 0.25) is 0 Å². The van der Waals surface area contributed by atoms with Gasteiger partial charge in [-0.25, -0.2) is 0 Å². The normalized spacial score (nSPS) is 19.5. The molecule has 4 heteroatoms. The summed E-state index contributed by atoms with van der Waals surface area (Å²) in [4.78, 5) is 4.21. The molecule has 0 saturated heterocycles. The molecule has 0 unspecified atom stereocenters. The molecule has 0 aliphatic heterocycles. The number of hydrogen-bond acceptors (Lipinski definition) is 4. The van der Waals surface area contributed by atoms with Crippen molar-refractivity contribution in [3.8, 4) is 0 Å². The average molecular weight is 168 g/mol. The van der Waals surface area contributed by atoms with Crippen LogP contribution in [0.5, 0.6) is 0 Å². The summed E-state index contributed by atoms with van der Waals surface area (Å²) in [5.74, 6) is 1.44. The van der Waals surface area contributed by atoms with Crippen molar-refractivity contribution < 1.29 is 9.26 Å². The van der Waals surface area contributed by atoms with E-state index in [9.17, 15) is 0 Å². The second kappa shape index (κ2) is 2.55. The molecule has 1 aromatic heterocycles. The number of aryl methyl sites for hydroxylation is 1. The zero-order valence-corrected chi connectivity index (χ0v) is 7.33. The van der Waals surface area contributed by atoms with Crippen molar-refractivity contribution in [2.24, 2.45) is 0 Å². The van der Waals surface area contributed by atoms with Gasteiger partial charge in [0.2, 0.25) is 5.89 Å². The van der Waals surface area contributed by atoms with E-state index < -0.39 is 0 Å². The first-order valence-electron chi connectivity index (χ1n) is 4.07. The molecule has 0 N–H and O–H groups in total. The van der Waals surface area contributed by atoms with Crippen LogP contribution in [0.15, 0.2) is 4.52 Å². The highest BCUT2D eigenvalue weighted by Crippen LogP contribution is 2.47. The lowest BCUT2D eigenvalue weighted by molar-refractivity contribution is 0.155. The van der Waals surface area contributed by atoms with E-state index >= 15 is 0 Å². The van der Waals surface area contributed by atoms with Crippen LogP contribution < -0.4 is 0 Å². The number of hydrogen-bond donors (Lipinski definition) is 0. The third-order valence-corrected chi connectivity index (χ3v) is 2.26. The van der Waals surface area contributed by atoms with E-state index in [0.717, 1.165) is 18.7 Å². The summed E-state index contributed by atoms with van der Waals surface area (Å²) in [6.45, 7) is 2.52. The molecule has 1 saturated carbocycles. The van der Waals surface area contributed by atoms with Gasteiger partial charge in [0.25, 0.3) is 0 Å². The predicted molar refractivity (Wildman–Crippen MR) is 41.8 cm³/mol. The number of methoxy groups -OCH3 is 1. The van der Waals surface area contributed by atoms with Gasteiger partial charge in [-0.15, -0.1) is 0 Å². The van der Waals surface area contributed by atoms with Crippen molar-refractivity contribution in [2.45, 2.75) is 25.2 Å². The fraction of sp³-hybridized carbons (Fsp3) is 0.750. The summed E-state index contributed by atoms with van der Waals surface area (Å²) in [5, 5.41) is 3.76.